The maximum absolute atomic E-state index is 5.98. The lowest BCUT2D eigenvalue weighted by Crippen LogP contribution is -2.22. The Morgan fingerprint density at radius 2 is 1.84 bits per heavy atom. The molecule has 1 saturated carbocycles. The predicted molar refractivity (Wildman–Crippen MR) is 80.3 cm³/mol. The zero-order valence-electron chi connectivity index (χ0n) is 12.7. The Bertz CT molecular complexity index is 461. The van der Waals surface area contributed by atoms with Crippen molar-refractivity contribution in [2.75, 3.05) is 17.6 Å². The van der Waals surface area contributed by atoms with E-state index in [9.17, 15) is 0 Å². The van der Waals surface area contributed by atoms with E-state index in [0.717, 1.165) is 23.8 Å². The molecular weight excluding hydrogens is 236 g/mol. The third-order valence-corrected chi connectivity index (χ3v) is 4.44. The first-order chi connectivity index (χ1) is 8.85. The quantitative estimate of drug-likeness (QED) is 0.854. The summed E-state index contributed by atoms with van der Waals surface area (Å²) in [6.07, 6.45) is 2.63. The van der Waals surface area contributed by atoms with Gasteiger partial charge in [-0.05, 0) is 31.1 Å². The van der Waals surface area contributed by atoms with Gasteiger partial charge in [-0.25, -0.2) is 9.97 Å². The SMILES string of the molecule is Cc1c(N)nc(C(C)C)nc1NCC1(C(C)C)CC1. The monoisotopic (exact) mass is 262 g/mol. The molecule has 4 nitrogen and oxygen atoms in total. The topological polar surface area (TPSA) is 63.8 Å². The van der Waals surface area contributed by atoms with Gasteiger partial charge in [-0.15, -0.1) is 0 Å². The van der Waals surface area contributed by atoms with Gasteiger partial charge in [-0.2, -0.15) is 0 Å². The fourth-order valence-electron chi connectivity index (χ4n) is 2.36. The summed E-state index contributed by atoms with van der Waals surface area (Å²) < 4.78 is 0. The molecule has 1 aromatic heterocycles. The number of nitrogen functional groups attached to an aromatic ring is 1. The van der Waals surface area contributed by atoms with Crippen LogP contribution in [0.5, 0.6) is 0 Å². The average molecular weight is 262 g/mol. The molecule has 4 heteroatoms. The standard InChI is InChI=1S/C15H26N4/c1-9(2)13-18-12(16)11(5)14(19-13)17-8-15(6-7-15)10(3)4/h9-10H,6-8H2,1-5H3,(H3,16,17,18,19). The highest BCUT2D eigenvalue weighted by Gasteiger charge is 2.45. The summed E-state index contributed by atoms with van der Waals surface area (Å²) in [5.74, 6) is 3.33. The minimum absolute atomic E-state index is 0.295. The van der Waals surface area contributed by atoms with E-state index < -0.39 is 0 Å². The second-order valence-corrected chi connectivity index (χ2v) is 6.47. The number of rotatable bonds is 5. The van der Waals surface area contributed by atoms with Crippen LogP contribution in [0.25, 0.3) is 0 Å². The minimum Gasteiger partial charge on any atom is -0.383 e. The third kappa shape index (κ3) is 2.82. The fourth-order valence-corrected chi connectivity index (χ4v) is 2.36. The Kier molecular flexibility index (Phi) is 3.70. The van der Waals surface area contributed by atoms with Gasteiger partial charge >= 0.3 is 0 Å². The maximum atomic E-state index is 5.98. The largest absolute Gasteiger partial charge is 0.383 e. The van der Waals surface area contributed by atoms with Crippen molar-refractivity contribution in [3.63, 3.8) is 0 Å². The second-order valence-electron chi connectivity index (χ2n) is 6.47. The summed E-state index contributed by atoms with van der Waals surface area (Å²) in [4.78, 5) is 8.98. The average Bonchev–Trinajstić information content (AvgIpc) is 3.11. The smallest absolute Gasteiger partial charge is 0.135 e. The molecule has 1 aromatic rings. The molecule has 0 aliphatic heterocycles. The fraction of sp³-hybridized carbons (Fsp3) is 0.733. The van der Waals surface area contributed by atoms with Crippen molar-refractivity contribution in [3.8, 4) is 0 Å². The molecule has 0 spiro atoms. The molecule has 1 fully saturated rings. The lowest BCUT2D eigenvalue weighted by atomic mass is 9.92. The van der Waals surface area contributed by atoms with E-state index in [4.69, 9.17) is 5.73 Å². The van der Waals surface area contributed by atoms with E-state index in [-0.39, 0.29) is 0 Å². The summed E-state index contributed by atoms with van der Waals surface area (Å²) in [6.45, 7) is 11.7. The molecule has 3 N–H and O–H groups in total. The lowest BCUT2D eigenvalue weighted by Gasteiger charge is -2.21. The van der Waals surface area contributed by atoms with Crippen molar-refractivity contribution >= 4 is 11.6 Å². The number of nitrogens with two attached hydrogens (primary N) is 1. The highest BCUT2D eigenvalue weighted by Crippen LogP contribution is 2.51. The summed E-state index contributed by atoms with van der Waals surface area (Å²) in [5, 5.41) is 3.50. The Morgan fingerprint density at radius 1 is 1.21 bits per heavy atom. The first-order valence-electron chi connectivity index (χ1n) is 7.23. The van der Waals surface area contributed by atoms with Gasteiger partial charge in [0.05, 0.1) is 0 Å². The summed E-state index contributed by atoms with van der Waals surface area (Å²) >= 11 is 0. The highest BCUT2D eigenvalue weighted by molar-refractivity contribution is 5.55. The highest BCUT2D eigenvalue weighted by atomic mass is 15.1. The van der Waals surface area contributed by atoms with Crippen molar-refractivity contribution in [1.29, 1.82) is 0 Å². The molecule has 0 unspecified atom stereocenters. The van der Waals surface area contributed by atoms with Gasteiger partial charge in [0.25, 0.3) is 0 Å². The molecule has 106 valence electrons. The van der Waals surface area contributed by atoms with Crippen LogP contribution in [0.1, 0.15) is 57.8 Å². The molecule has 0 radical (unpaired) electrons. The van der Waals surface area contributed by atoms with Crippen molar-refractivity contribution < 1.29 is 0 Å². The molecule has 19 heavy (non-hydrogen) atoms. The van der Waals surface area contributed by atoms with E-state index >= 15 is 0 Å². The molecule has 0 bridgehead atoms. The van der Waals surface area contributed by atoms with E-state index in [1.807, 2.05) is 6.92 Å². The van der Waals surface area contributed by atoms with E-state index in [1.54, 1.807) is 0 Å². The number of hydrogen-bond donors (Lipinski definition) is 2. The van der Waals surface area contributed by atoms with Gasteiger partial charge in [0, 0.05) is 18.0 Å². The van der Waals surface area contributed by atoms with Crippen molar-refractivity contribution in [3.05, 3.63) is 11.4 Å². The van der Waals surface area contributed by atoms with Gasteiger partial charge in [-0.3, -0.25) is 0 Å². The molecular formula is C15H26N4. The molecule has 0 saturated heterocycles. The summed E-state index contributed by atoms with van der Waals surface area (Å²) in [6, 6.07) is 0. The van der Waals surface area contributed by atoms with Crippen LogP contribution in [0.2, 0.25) is 0 Å². The van der Waals surface area contributed by atoms with Crippen LogP contribution in [-0.4, -0.2) is 16.5 Å². The van der Waals surface area contributed by atoms with Crippen molar-refractivity contribution in [2.24, 2.45) is 11.3 Å². The minimum atomic E-state index is 0.295. The normalized spacial score (nSPS) is 17.0. The Morgan fingerprint density at radius 3 is 2.32 bits per heavy atom. The third-order valence-electron chi connectivity index (χ3n) is 4.44. The first kappa shape index (κ1) is 14.1. The Balaban J connectivity index is 2.16. The van der Waals surface area contributed by atoms with Crippen molar-refractivity contribution in [1.82, 2.24) is 9.97 Å². The van der Waals surface area contributed by atoms with Crippen LogP contribution in [0.3, 0.4) is 0 Å². The second kappa shape index (κ2) is 4.99. The van der Waals surface area contributed by atoms with Crippen LogP contribution < -0.4 is 11.1 Å². The number of aromatic nitrogens is 2. The Hall–Kier alpha value is -1.32. The molecule has 1 aliphatic carbocycles. The van der Waals surface area contributed by atoms with Gasteiger partial charge in [0.15, 0.2) is 0 Å². The van der Waals surface area contributed by atoms with Crippen LogP contribution in [-0.2, 0) is 0 Å². The van der Waals surface area contributed by atoms with Crippen LogP contribution >= 0.6 is 0 Å². The molecule has 0 aromatic carbocycles. The maximum Gasteiger partial charge on any atom is 0.135 e. The van der Waals surface area contributed by atoms with Crippen LogP contribution in [0.15, 0.2) is 0 Å². The zero-order chi connectivity index (χ0) is 14.2. The van der Waals surface area contributed by atoms with Gasteiger partial charge in [-0.1, -0.05) is 27.7 Å². The molecule has 1 aliphatic rings. The molecule has 0 atom stereocenters. The number of hydrogen-bond acceptors (Lipinski definition) is 4. The number of nitrogens with one attached hydrogen (secondary N) is 1. The number of nitrogens with zero attached hydrogens (tertiary/aromatic N) is 2. The van der Waals surface area contributed by atoms with E-state index in [1.165, 1.54) is 12.8 Å². The molecule has 2 rings (SSSR count). The molecule has 1 heterocycles. The van der Waals surface area contributed by atoms with Crippen LogP contribution in [0.4, 0.5) is 11.6 Å². The molecule has 0 amide bonds. The lowest BCUT2D eigenvalue weighted by molar-refractivity contribution is 0.379. The van der Waals surface area contributed by atoms with Gasteiger partial charge in [0.1, 0.15) is 17.5 Å². The van der Waals surface area contributed by atoms with E-state index in [2.05, 4.69) is 43.0 Å². The van der Waals surface area contributed by atoms with Gasteiger partial charge in [0.2, 0.25) is 0 Å². The summed E-state index contributed by atoms with van der Waals surface area (Å²) in [7, 11) is 0. The summed E-state index contributed by atoms with van der Waals surface area (Å²) in [5.41, 5.74) is 7.41. The predicted octanol–water partition coefficient (Wildman–Crippen LogP) is 3.34. The first-order valence-corrected chi connectivity index (χ1v) is 7.23. The van der Waals surface area contributed by atoms with E-state index in [0.29, 0.717) is 23.1 Å². The number of anilines is 2. The van der Waals surface area contributed by atoms with Crippen LogP contribution in [0, 0.1) is 18.3 Å². The van der Waals surface area contributed by atoms with Crippen molar-refractivity contribution in [2.45, 2.75) is 53.4 Å². The van der Waals surface area contributed by atoms with Gasteiger partial charge < -0.3 is 11.1 Å². The Labute approximate surface area is 116 Å². The zero-order valence-corrected chi connectivity index (χ0v) is 12.7.